The van der Waals surface area contributed by atoms with Crippen molar-refractivity contribution in [2.24, 2.45) is 0 Å². The second-order valence-electron chi connectivity index (χ2n) is 4.96. The van der Waals surface area contributed by atoms with E-state index in [0.717, 1.165) is 5.56 Å². The summed E-state index contributed by atoms with van der Waals surface area (Å²) < 4.78 is 0. The largest absolute Gasteiger partial charge is 0.396 e. The predicted octanol–water partition coefficient (Wildman–Crippen LogP) is 2.41. The number of benzene rings is 2. The van der Waals surface area contributed by atoms with Crippen molar-refractivity contribution in [2.45, 2.75) is 12.5 Å². The minimum atomic E-state index is -0.441. The first-order valence-corrected chi connectivity index (χ1v) is 6.86. The summed E-state index contributed by atoms with van der Waals surface area (Å²) in [6.45, 7) is -0.0903. The first kappa shape index (κ1) is 13.5. The van der Waals surface area contributed by atoms with Gasteiger partial charge in [0.25, 0.3) is 11.8 Å². The molecule has 1 N–H and O–H groups in total. The monoisotopic (exact) mass is 281 g/mol. The molecule has 4 nitrogen and oxygen atoms in total. The van der Waals surface area contributed by atoms with E-state index < -0.39 is 6.04 Å². The van der Waals surface area contributed by atoms with Crippen LogP contribution in [0.15, 0.2) is 54.6 Å². The molecule has 0 radical (unpaired) electrons. The normalized spacial score (nSPS) is 15.2. The molecule has 0 spiro atoms. The molecule has 1 aliphatic rings. The number of aliphatic hydroxyl groups excluding tert-OH is 1. The number of fused-ring (bicyclic) bond motifs is 1. The molecule has 2 aromatic rings. The Morgan fingerprint density at radius 2 is 1.38 bits per heavy atom. The number of hydrogen-bond donors (Lipinski definition) is 1. The fraction of sp³-hybridized carbons (Fsp3) is 0.176. The van der Waals surface area contributed by atoms with Crippen molar-refractivity contribution >= 4 is 11.8 Å². The molecule has 0 fully saturated rings. The number of amides is 2. The highest BCUT2D eigenvalue weighted by atomic mass is 16.3. The fourth-order valence-electron chi connectivity index (χ4n) is 2.73. The molecular weight excluding hydrogens is 266 g/mol. The Morgan fingerprint density at radius 1 is 0.857 bits per heavy atom. The fourth-order valence-corrected chi connectivity index (χ4v) is 2.73. The molecule has 1 heterocycles. The molecule has 0 saturated carbocycles. The molecule has 4 heteroatoms. The molecule has 1 aliphatic heterocycles. The van der Waals surface area contributed by atoms with Crippen LogP contribution in [0, 0.1) is 0 Å². The maximum atomic E-state index is 12.5. The zero-order valence-electron chi connectivity index (χ0n) is 11.4. The molecule has 1 atom stereocenters. The number of nitrogens with zero attached hydrogens (tertiary/aromatic N) is 1. The Bertz CT molecular complexity index is 646. The van der Waals surface area contributed by atoms with Crippen molar-refractivity contribution in [2.75, 3.05) is 6.61 Å². The molecular formula is C17H15NO3. The molecule has 0 aromatic heterocycles. The van der Waals surface area contributed by atoms with Gasteiger partial charge >= 0.3 is 0 Å². The molecule has 0 bridgehead atoms. The highest BCUT2D eigenvalue weighted by Gasteiger charge is 2.39. The van der Waals surface area contributed by atoms with Crippen LogP contribution in [0.4, 0.5) is 0 Å². The summed E-state index contributed by atoms with van der Waals surface area (Å²) in [7, 11) is 0. The van der Waals surface area contributed by atoms with E-state index >= 15 is 0 Å². The third-order valence-corrected chi connectivity index (χ3v) is 3.72. The van der Waals surface area contributed by atoms with Crippen LogP contribution >= 0.6 is 0 Å². The highest BCUT2D eigenvalue weighted by Crippen LogP contribution is 2.33. The van der Waals surface area contributed by atoms with Crippen molar-refractivity contribution in [3.05, 3.63) is 71.3 Å². The van der Waals surface area contributed by atoms with Gasteiger partial charge < -0.3 is 5.11 Å². The molecule has 0 saturated heterocycles. The van der Waals surface area contributed by atoms with Gasteiger partial charge in [-0.2, -0.15) is 0 Å². The molecule has 2 aromatic carbocycles. The molecule has 0 aliphatic carbocycles. The van der Waals surface area contributed by atoms with Gasteiger partial charge in [0.2, 0.25) is 0 Å². The maximum absolute atomic E-state index is 12.5. The summed E-state index contributed by atoms with van der Waals surface area (Å²) in [5, 5.41) is 9.30. The third-order valence-electron chi connectivity index (χ3n) is 3.72. The van der Waals surface area contributed by atoms with Crippen molar-refractivity contribution in [3.63, 3.8) is 0 Å². The number of imide groups is 1. The lowest BCUT2D eigenvalue weighted by Crippen LogP contribution is -2.34. The van der Waals surface area contributed by atoms with E-state index in [1.165, 1.54) is 4.90 Å². The van der Waals surface area contributed by atoms with Gasteiger partial charge in [-0.25, -0.2) is 0 Å². The number of carbonyl (C=O) groups excluding carboxylic acids is 2. The average Bonchev–Trinajstić information content (AvgIpc) is 2.78. The zero-order chi connectivity index (χ0) is 14.8. The van der Waals surface area contributed by atoms with Gasteiger partial charge in [0.1, 0.15) is 0 Å². The Labute approximate surface area is 122 Å². The van der Waals surface area contributed by atoms with Crippen LogP contribution in [0.2, 0.25) is 0 Å². The van der Waals surface area contributed by atoms with Crippen LogP contribution in [0.3, 0.4) is 0 Å². The molecule has 106 valence electrons. The van der Waals surface area contributed by atoms with Gasteiger partial charge in [0.05, 0.1) is 17.2 Å². The van der Waals surface area contributed by atoms with E-state index in [2.05, 4.69) is 0 Å². The van der Waals surface area contributed by atoms with Crippen molar-refractivity contribution in [1.29, 1.82) is 0 Å². The van der Waals surface area contributed by atoms with E-state index in [1.807, 2.05) is 30.3 Å². The number of hydrogen-bond acceptors (Lipinski definition) is 3. The van der Waals surface area contributed by atoms with Gasteiger partial charge in [-0.3, -0.25) is 14.5 Å². The summed E-state index contributed by atoms with van der Waals surface area (Å²) in [6.07, 6.45) is 0.329. The van der Waals surface area contributed by atoms with E-state index in [4.69, 9.17) is 0 Å². The summed E-state index contributed by atoms with van der Waals surface area (Å²) in [4.78, 5) is 26.3. The van der Waals surface area contributed by atoms with Gasteiger partial charge in [-0.05, 0) is 24.1 Å². The lowest BCUT2D eigenvalue weighted by Gasteiger charge is -2.26. The Balaban J connectivity index is 2.02. The third kappa shape index (κ3) is 2.23. The molecule has 0 unspecified atom stereocenters. The van der Waals surface area contributed by atoms with Gasteiger partial charge in [-0.1, -0.05) is 42.5 Å². The number of carbonyl (C=O) groups is 2. The topological polar surface area (TPSA) is 57.6 Å². The van der Waals surface area contributed by atoms with Gasteiger partial charge in [-0.15, -0.1) is 0 Å². The van der Waals surface area contributed by atoms with Gasteiger partial charge in [0, 0.05) is 6.61 Å². The highest BCUT2D eigenvalue weighted by molar-refractivity contribution is 6.21. The summed E-state index contributed by atoms with van der Waals surface area (Å²) in [5.41, 5.74) is 1.71. The van der Waals surface area contributed by atoms with Crippen LogP contribution in [0.25, 0.3) is 0 Å². The van der Waals surface area contributed by atoms with E-state index in [-0.39, 0.29) is 18.4 Å². The second-order valence-corrected chi connectivity index (χ2v) is 4.96. The molecule has 21 heavy (non-hydrogen) atoms. The Morgan fingerprint density at radius 3 is 1.90 bits per heavy atom. The predicted molar refractivity (Wildman–Crippen MR) is 77.8 cm³/mol. The first-order chi connectivity index (χ1) is 10.2. The minimum absolute atomic E-state index is 0.0903. The molecule has 2 amide bonds. The smallest absolute Gasteiger partial charge is 0.262 e. The van der Waals surface area contributed by atoms with Crippen LogP contribution in [-0.4, -0.2) is 28.4 Å². The van der Waals surface area contributed by atoms with Crippen LogP contribution in [-0.2, 0) is 0 Å². The lowest BCUT2D eigenvalue weighted by molar-refractivity contribution is 0.0558. The minimum Gasteiger partial charge on any atom is -0.396 e. The summed E-state index contributed by atoms with van der Waals surface area (Å²) >= 11 is 0. The Hall–Kier alpha value is -2.46. The number of aliphatic hydroxyl groups is 1. The van der Waals surface area contributed by atoms with Crippen LogP contribution in [0.5, 0.6) is 0 Å². The van der Waals surface area contributed by atoms with E-state index in [0.29, 0.717) is 17.5 Å². The summed E-state index contributed by atoms with van der Waals surface area (Å²) in [5.74, 6) is -0.587. The zero-order valence-corrected chi connectivity index (χ0v) is 11.4. The van der Waals surface area contributed by atoms with E-state index in [1.54, 1.807) is 24.3 Å². The summed E-state index contributed by atoms with van der Waals surface area (Å²) in [6, 6.07) is 15.7. The van der Waals surface area contributed by atoms with Crippen molar-refractivity contribution in [1.82, 2.24) is 4.90 Å². The standard InChI is InChI=1S/C17H15NO3/c19-11-10-15(12-6-2-1-3-7-12)18-16(20)13-8-4-5-9-14(13)17(18)21/h1-9,15,19H,10-11H2/t15-/m1/s1. The van der Waals surface area contributed by atoms with Crippen LogP contribution < -0.4 is 0 Å². The van der Waals surface area contributed by atoms with Gasteiger partial charge in [0.15, 0.2) is 0 Å². The maximum Gasteiger partial charge on any atom is 0.262 e. The molecule has 3 rings (SSSR count). The first-order valence-electron chi connectivity index (χ1n) is 6.86. The van der Waals surface area contributed by atoms with Crippen molar-refractivity contribution < 1.29 is 14.7 Å². The average molecular weight is 281 g/mol. The van der Waals surface area contributed by atoms with Crippen molar-refractivity contribution in [3.8, 4) is 0 Å². The quantitative estimate of drug-likeness (QED) is 0.875. The SMILES string of the molecule is O=C1c2ccccc2C(=O)N1[C@H](CCO)c1ccccc1. The Kier molecular flexibility index (Phi) is 3.54. The van der Waals surface area contributed by atoms with E-state index in [9.17, 15) is 14.7 Å². The second kappa shape index (κ2) is 5.50. The van der Waals surface area contributed by atoms with Crippen LogP contribution in [0.1, 0.15) is 38.7 Å². The number of rotatable bonds is 4. The lowest BCUT2D eigenvalue weighted by atomic mass is 10.0.